The lowest BCUT2D eigenvalue weighted by Crippen LogP contribution is -2.24. The van der Waals surface area contributed by atoms with Crippen molar-refractivity contribution in [3.63, 3.8) is 0 Å². The molecule has 0 amide bonds. The molecule has 14 heavy (non-hydrogen) atoms. The minimum atomic E-state index is -0.815. The van der Waals surface area contributed by atoms with Crippen molar-refractivity contribution in [3.8, 4) is 0 Å². The molecule has 1 rings (SSSR count). The molecule has 0 aliphatic heterocycles. The van der Waals surface area contributed by atoms with Crippen molar-refractivity contribution in [1.29, 1.82) is 0 Å². The molecule has 1 aromatic rings. The van der Waals surface area contributed by atoms with Crippen LogP contribution in [0.4, 0.5) is 0 Å². The normalized spacial score (nSPS) is 9.93. The van der Waals surface area contributed by atoms with Gasteiger partial charge in [0.1, 0.15) is 0 Å². The summed E-state index contributed by atoms with van der Waals surface area (Å²) in [4.78, 5) is 13.1. The Labute approximate surface area is 97.7 Å². The Hall–Kier alpha value is -0.290. The van der Waals surface area contributed by atoms with Gasteiger partial charge in [0.15, 0.2) is 0 Å². The number of hydrogen-bond donors (Lipinski definition) is 1. The van der Waals surface area contributed by atoms with E-state index in [-0.39, 0.29) is 19.0 Å². The van der Waals surface area contributed by atoms with Crippen LogP contribution >= 0.6 is 35.3 Å². The topological polar surface area (TPSA) is 40.5 Å². The van der Waals surface area contributed by atoms with Crippen LogP contribution < -0.4 is 0 Å². The van der Waals surface area contributed by atoms with E-state index in [9.17, 15) is 4.79 Å². The molecule has 1 N–H and O–H groups in total. The summed E-state index contributed by atoms with van der Waals surface area (Å²) in [6.45, 7) is 0.680. The zero-order valence-corrected chi connectivity index (χ0v) is 9.95. The van der Waals surface area contributed by atoms with E-state index in [1.54, 1.807) is 11.9 Å². The quantitative estimate of drug-likeness (QED) is 0.898. The molecule has 0 bridgehead atoms. The third-order valence-corrected chi connectivity index (χ3v) is 2.68. The van der Waals surface area contributed by atoms with E-state index >= 15 is 0 Å². The first-order chi connectivity index (χ1) is 6.08. The molecule has 0 saturated carbocycles. The number of likely N-dealkylation sites (N-methyl/N-ethyl adjacent to an activating group) is 1. The van der Waals surface area contributed by atoms with Crippen molar-refractivity contribution >= 4 is 41.3 Å². The second-order valence-corrected chi connectivity index (χ2v) is 4.57. The van der Waals surface area contributed by atoms with Crippen molar-refractivity contribution in [2.24, 2.45) is 0 Å². The first-order valence-electron chi connectivity index (χ1n) is 3.72. The molecule has 1 aromatic heterocycles. The van der Waals surface area contributed by atoms with Gasteiger partial charge in [-0.15, -0.1) is 23.7 Å². The van der Waals surface area contributed by atoms with Gasteiger partial charge in [0.05, 0.1) is 10.9 Å². The zero-order valence-electron chi connectivity index (χ0n) is 7.57. The second kappa shape index (κ2) is 6.24. The Morgan fingerprint density at radius 1 is 1.64 bits per heavy atom. The number of carboxylic acids is 1. The number of nitrogens with zero attached hydrogens (tertiary/aromatic N) is 1. The monoisotopic (exact) mass is 255 g/mol. The number of thiophene rings is 1. The number of hydrogen-bond acceptors (Lipinski definition) is 3. The summed E-state index contributed by atoms with van der Waals surface area (Å²) in [6.07, 6.45) is 0. The molecular weight excluding hydrogens is 245 g/mol. The fourth-order valence-corrected chi connectivity index (χ4v) is 2.16. The molecule has 0 atom stereocenters. The smallest absolute Gasteiger partial charge is 0.317 e. The van der Waals surface area contributed by atoms with Gasteiger partial charge in [-0.25, -0.2) is 0 Å². The minimum Gasteiger partial charge on any atom is -0.480 e. The van der Waals surface area contributed by atoms with Gasteiger partial charge in [0.2, 0.25) is 0 Å². The van der Waals surface area contributed by atoms with Gasteiger partial charge in [0.25, 0.3) is 0 Å². The Kier molecular flexibility index (Phi) is 6.11. The molecule has 0 spiro atoms. The van der Waals surface area contributed by atoms with Gasteiger partial charge >= 0.3 is 5.97 Å². The first-order valence-corrected chi connectivity index (χ1v) is 4.92. The van der Waals surface area contributed by atoms with Crippen LogP contribution in [0.5, 0.6) is 0 Å². The molecular formula is C8H11Cl2NO2S. The average Bonchev–Trinajstić information content (AvgIpc) is 2.33. The Morgan fingerprint density at radius 2 is 2.29 bits per heavy atom. The summed E-state index contributed by atoms with van der Waals surface area (Å²) in [6, 6.07) is 3.72. The van der Waals surface area contributed by atoms with E-state index in [0.717, 1.165) is 9.21 Å². The van der Waals surface area contributed by atoms with Crippen molar-refractivity contribution in [2.45, 2.75) is 6.54 Å². The maximum Gasteiger partial charge on any atom is 0.317 e. The van der Waals surface area contributed by atoms with Crippen LogP contribution in [0.1, 0.15) is 4.88 Å². The second-order valence-electron chi connectivity index (χ2n) is 2.77. The maximum absolute atomic E-state index is 10.3. The van der Waals surface area contributed by atoms with E-state index in [1.165, 1.54) is 11.3 Å². The van der Waals surface area contributed by atoms with E-state index in [1.807, 2.05) is 12.1 Å². The first kappa shape index (κ1) is 13.7. The SMILES string of the molecule is CN(CC(=O)O)Cc1ccc(Cl)s1.Cl. The molecule has 6 heteroatoms. The Bertz CT molecular complexity index is 303. The maximum atomic E-state index is 10.3. The summed E-state index contributed by atoms with van der Waals surface area (Å²) in [7, 11) is 1.77. The third-order valence-electron chi connectivity index (χ3n) is 1.46. The number of rotatable bonds is 4. The minimum absolute atomic E-state index is 0. The van der Waals surface area contributed by atoms with Crippen LogP contribution in [-0.2, 0) is 11.3 Å². The van der Waals surface area contributed by atoms with Crippen molar-refractivity contribution in [2.75, 3.05) is 13.6 Å². The van der Waals surface area contributed by atoms with Gasteiger partial charge < -0.3 is 5.11 Å². The lowest BCUT2D eigenvalue weighted by molar-refractivity contribution is -0.138. The van der Waals surface area contributed by atoms with E-state index in [2.05, 4.69) is 0 Å². The lowest BCUT2D eigenvalue weighted by Gasteiger charge is -2.11. The standard InChI is InChI=1S/C8H10ClNO2S.ClH/c1-10(5-8(11)12)4-6-2-3-7(9)13-6;/h2-3H,4-5H2,1H3,(H,11,12);1H. The molecule has 0 fully saturated rings. The highest BCUT2D eigenvalue weighted by molar-refractivity contribution is 7.16. The van der Waals surface area contributed by atoms with Crippen LogP contribution in [0.25, 0.3) is 0 Å². The largest absolute Gasteiger partial charge is 0.480 e. The van der Waals surface area contributed by atoms with Crippen LogP contribution in [0.2, 0.25) is 4.34 Å². The molecule has 0 radical (unpaired) electrons. The van der Waals surface area contributed by atoms with E-state index in [4.69, 9.17) is 16.7 Å². The van der Waals surface area contributed by atoms with Crippen LogP contribution in [-0.4, -0.2) is 29.6 Å². The summed E-state index contributed by atoms with van der Waals surface area (Å²) >= 11 is 7.21. The highest BCUT2D eigenvalue weighted by Gasteiger charge is 2.06. The molecule has 0 saturated heterocycles. The summed E-state index contributed by atoms with van der Waals surface area (Å²) in [5, 5.41) is 8.50. The van der Waals surface area contributed by atoms with Gasteiger partial charge in [-0.2, -0.15) is 0 Å². The molecule has 3 nitrogen and oxygen atoms in total. The number of carboxylic acid groups (broad SMARTS) is 1. The van der Waals surface area contributed by atoms with Crippen molar-refractivity contribution in [3.05, 3.63) is 21.3 Å². The van der Waals surface area contributed by atoms with Crippen molar-refractivity contribution in [1.82, 2.24) is 4.90 Å². The summed E-state index contributed by atoms with van der Waals surface area (Å²) in [5.74, 6) is -0.815. The molecule has 1 heterocycles. The summed E-state index contributed by atoms with van der Waals surface area (Å²) < 4.78 is 0.735. The molecule has 0 aliphatic carbocycles. The van der Waals surface area contributed by atoms with Crippen LogP contribution in [0.15, 0.2) is 12.1 Å². The van der Waals surface area contributed by atoms with Gasteiger partial charge in [-0.1, -0.05) is 11.6 Å². The Balaban J connectivity index is 0.00000169. The van der Waals surface area contributed by atoms with Gasteiger partial charge in [-0.05, 0) is 19.2 Å². The Morgan fingerprint density at radius 3 is 2.71 bits per heavy atom. The zero-order chi connectivity index (χ0) is 9.84. The number of halogens is 2. The van der Waals surface area contributed by atoms with Crippen LogP contribution in [0, 0.1) is 0 Å². The van der Waals surface area contributed by atoms with E-state index in [0.29, 0.717) is 6.54 Å². The lowest BCUT2D eigenvalue weighted by atomic mass is 10.4. The van der Waals surface area contributed by atoms with Crippen molar-refractivity contribution < 1.29 is 9.90 Å². The van der Waals surface area contributed by atoms with Crippen LogP contribution in [0.3, 0.4) is 0 Å². The average molecular weight is 256 g/mol. The highest BCUT2D eigenvalue weighted by atomic mass is 35.5. The van der Waals surface area contributed by atoms with Gasteiger partial charge in [0, 0.05) is 11.4 Å². The number of aliphatic carboxylic acids is 1. The fraction of sp³-hybridized carbons (Fsp3) is 0.375. The molecule has 80 valence electrons. The molecule has 0 aromatic carbocycles. The number of carbonyl (C=O) groups is 1. The molecule has 0 unspecified atom stereocenters. The third kappa shape index (κ3) is 4.81. The predicted molar refractivity (Wildman–Crippen MR) is 60.5 cm³/mol. The fourth-order valence-electron chi connectivity index (χ4n) is 0.990. The predicted octanol–water partition coefficient (Wildman–Crippen LogP) is 2.34. The highest BCUT2D eigenvalue weighted by Crippen LogP contribution is 2.22. The summed E-state index contributed by atoms with van der Waals surface area (Å²) in [5.41, 5.74) is 0. The molecule has 0 aliphatic rings. The van der Waals surface area contributed by atoms with Gasteiger partial charge in [-0.3, -0.25) is 9.69 Å². The van der Waals surface area contributed by atoms with E-state index < -0.39 is 5.97 Å².